The summed E-state index contributed by atoms with van der Waals surface area (Å²) in [7, 11) is 0. The largest absolute Gasteiger partial charge is 0.510 e. The summed E-state index contributed by atoms with van der Waals surface area (Å²) in [4.78, 5) is 4.82. The number of nitrogens with zero attached hydrogens (tertiary/aromatic N) is 4. The molecule has 3 aromatic heterocycles. The van der Waals surface area contributed by atoms with Gasteiger partial charge in [-0.2, -0.15) is 18.2 Å². The number of benzene rings is 10. The number of imidazole rings is 1. The molecule has 1 aliphatic carbocycles. The fourth-order valence-electron chi connectivity index (χ4n) is 12.3. The van der Waals surface area contributed by atoms with E-state index in [2.05, 4.69) is 39.2 Å². The Morgan fingerprint density at radius 3 is 1.86 bits per heavy atom. The van der Waals surface area contributed by atoms with Crippen molar-refractivity contribution in [3.8, 4) is 95.5 Å². The van der Waals surface area contributed by atoms with E-state index in [0.29, 0.717) is 22.5 Å². The van der Waals surface area contributed by atoms with Crippen molar-refractivity contribution in [2.75, 3.05) is 0 Å². The zero-order valence-electron chi connectivity index (χ0n) is 78.3. The van der Waals surface area contributed by atoms with Gasteiger partial charge in [-0.25, -0.2) is 4.98 Å². The smallest absolute Gasteiger partial charge is 0.268 e. The van der Waals surface area contributed by atoms with Crippen molar-refractivity contribution in [1.29, 1.82) is 0 Å². The Hall–Kier alpha value is -8.89. The standard InChI is InChI=1S/C82H70N4O.Pt/c1-50-21-18-22-51(2)76(50)56-42-67-63-29-14-12-27-61(63)62-28-13-15-30-64(62)68-41-55(54-33-36-70-71(44-54)82(10,11)39-38-81(70,8)9)45-74-79(68)85(78(67)69(43-56)77-52(3)23-19-24-53(77)4)49-84(74)58-25-20-26-59(47-58)87-60-34-35-66-65-31-16-17-32-72(65)86(73(66)48-60)75-46-57(37-40-83-75)80(5,6)7;/h12-37,40-46H,38-39H2,1-11H3;/q-2;/i1D3,2D3,3D3,4D3,8D3,9D3,10D3,11D3,33D,36D,38D2,39D2,44D;. The first-order valence-corrected chi connectivity index (χ1v) is 28.0. The summed E-state index contributed by atoms with van der Waals surface area (Å²) < 4.78 is 299. The van der Waals surface area contributed by atoms with Crippen molar-refractivity contribution in [2.45, 2.75) is 105 Å². The van der Waals surface area contributed by atoms with Crippen LogP contribution in [-0.4, -0.2) is 14.1 Å². The van der Waals surface area contributed by atoms with Gasteiger partial charge in [0.2, 0.25) is 0 Å². The molecule has 5 nitrogen and oxygen atoms in total. The van der Waals surface area contributed by atoms with E-state index in [-0.39, 0.29) is 99.3 Å². The van der Waals surface area contributed by atoms with Crippen LogP contribution < -0.4 is 9.30 Å². The van der Waals surface area contributed by atoms with E-state index in [0.717, 1.165) is 21.9 Å². The van der Waals surface area contributed by atoms with Crippen LogP contribution in [0.3, 0.4) is 0 Å². The maximum Gasteiger partial charge on any atom is 0.268 e. The third kappa shape index (κ3) is 9.30. The molecule has 0 saturated carbocycles. The van der Waals surface area contributed by atoms with Crippen molar-refractivity contribution in [2.24, 2.45) is 0 Å². The molecule has 0 fully saturated rings. The van der Waals surface area contributed by atoms with E-state index in [1.165, 1.54) is 75.9 Å². The Morgan fingerprint density at radius 1 is 0.557 bits per heavy atom. The molecule has 0 atom stereocenters. The number of aryl methyl sites for hydroxylation is 4. The molecule has 0 saturated heterocycles. The molecule has 0 unspecified atom stereocenters. The number of pyridine rings is 1. The minimum Gasteiger partial charge on any atom is -0.510 e. The third-order valence-electron chi connectivity index (χ3n) is 16.4. The summed E-state index contributed by atoms with van der Waals surface area (Å²) in [5.41, 5.74) is -14.2. The van der Waals surface area contributed by atoms with Gasteiger partial charge in [-0.3, -0.25) is 4.57 Å². The summed E-state index contributed by atoms with van der Waals surface area (Å²) in [6.45, 7) is -23.9. The zero-order valence-corrected chi connectivity index (χ0v) is 49.6. The van der Waals surface area contributed by atoms with Crippen LogP contribution in [0.5, 0.6) is 11.5 Å². The average Bonchev–Trinajstić information content (AvgIpc) is 1.19. The van der Waals surface area contributed by atoms with Gasteiger partial charge < -0.3 is 13.9 Å². The van der Waals surface area contributed by atoms with Gasteiger partial charge in [0.25, 0.3) is 6.33 Å². The Balaban J connectivity index is 0.0000116. The number of ether oxygens (including phenoxy) is 1. The van der Waals surface area contributed by atoms with Crippen LogP contribution in [0.4, 0.5) is 0 Å². The molecule has 88 heavy (non-hydrogen) atoms. The summed E-state index contributed by atoms with van der Waals surface area (Å²) in [5.74, 6) is 0.715. The molecule has 4 heterocycles. The average molecular weight is 1350 g/mol. The number of para-hydroxylation sites is 1. The van der Waals surface area contributed by atoms with Crippen LogP contribution in [0, 0.1) is 45.9 Å². The molecule has 13 aromatic rings. The zero-order chi connectivity index (χ0) is 86.0. The molecule has 0 N–H and O–H groups in total. The quantitative estimate of drug-likeness (QED) is 0.118. The summed E-state index contributed by atoms with van der Waals surface area (Å²) in [6, 6.07) is 48.1. The molecule has 436 valence electrons. The number of hydrogen-bond acceptors (Lipinski definition) is 2. The first-order valence-electron chi connectivity index (χ1n) is 43.5. The number of aromatic nitrogens is 4. The molecule has 15 rings (SSSR count). The van der Waals surface area contributed by atoms with Crippen molar-refractivity contribution >= 4 is 32.8 Å². The van der Waals surface area contributed by atoms with E-state index in [1.54, 1.807) is 72.9 Å². The molecule has 0 radical (unpaired) electrons. The van der Waals surface area contributed by atoms with E-state index in [4.69, 9.17) is 26.2 Å². The second-order valence-corrected chi connectivity index (χ2v) is 23.0. The van der Waals surface area contributed by atoms with Crippen LogP contribution >= 0.6 is 0 Å². The fraction of sp³-hybridized carbons (Fsp3) is 0.195. The Kier molecular flexibility index (Phi) is 7.66. The molecule has 0 amide bonds. The van der Waals surface area contributed by atoms with Gasteiger partial charge >= 0.3 is 0 Å². The van der Waals surface area contributed by atoms with Crippen LogP contribution in [0.2, 0.25) is 0 Å². The molecular formula is C82H70N4OPt-2. The number of fused-ring (bicyclic) bond motifs is 11. The van der Waals surface area contributed by atoms with E-state index in [9.17, 15) is 26.0 Å². The Morgan fingerprint density at radius 2 is 1.17 bits per heavy atom. The fourth-order valence-corrected chi connectivity index (χ4v) is 12.3. The van der Waals surface area contributed by atoms with Gasteiger partial charge in [-0.05, 0) is 210 Å². The van der Waals surface area contributed by atoms with Crippen LogP contribution in [0.1, 0.15) is 142 Å². The van der Waals surface area contributed by atoms with E-state index in [1.807, 2.05) is 47.0 Å². The number of rotatable bonds is 7. The van der Waals surface area contributed by atoms with Crippen LogP contribution in [0.25, 0.3) is 117 Å². The molecule has 0 bridgehead atoms. The SMILES string of the molecule is [2H]c1c([2H])c2c(c([2H])c1-c1cc3c4c(c1)n(-c1[c-]c(Oc5[c-]c6c(cc5)c5ccccc5n6-c5cc(C(C)(C)C)ccn5)ccc1)[c-][n+]4-c1c(cc(-c4c(C([2H])([2H])[2H])cccc4C([2H])([2H])[2H])cc1-c1c(C([2H])([2H])[2H])cccc1C([2H])([2H])[2H])-c1ccccc1-c1ccccc1-3)C(C([2H])([2H])[2H])(C([2H])([2H])[2H])C([2H])([2H])C([2H])([2H])C2(C([2H])([2H])[2H])C([2H])([2H])[2H].[Pt]. The van der Waals surface area contributed by atoms with Gasteiger partial charge in [-0.15, -0.1) is 29.7 Å². The van der Waals surface area contributed by atoms with Gasteiger partial charge in [0.05, 0.1) is 20.8 Å². The van der Waals surface area contributed by atoms with Gasteiger partial charge in [0.15, 0.2) is 0 Å². The maximum absolute atomic E-state index is 10.5. The predicted molar refractivity (Wildman–Crippen MR) is 359 cm³/mol. The van der Waals surface area contributed by atoms with E-state index >= 15 is 0 Å². The van der Waals surface area contributed by atoms with Crippen molar-refractivity contribution in [3.05, 3.63) is 258 Å². The molecule has 6 heteroatoms. The summed E-state index contributed by atoms with van der Waals surface area (Å²) in [5, 5.41) is 1.65. The van der Waals surface area contributed by atoms with Crippen molar-refractivity contribution in [3.63, 3.8) is 0 Å². The molecule has 10 aromatic carbocycles. The normalized spacial score (nSPS) is 21.3. The Bertz CT molecular complexity index is 6250. The maximum atomic E-state index is 10.5. The van der Waals surface area contributed by atoms with Crippen LogP contribution in [0.15, 0.2) is 200 Å². The molecule has 0 spiro atoms. The van der Waals surface area contributed by atoms with Crippen LogP contribution in [-0.2, 0) is 37.3 Å². The molecule has 2 aliphatic rings. The predicted octanol–water partition coefficient (Wildman–Crippen LogP) is 20.8. The Labute approximate surface area is 575 Å². The topological polar surface area (TPSA) is 35.9 Å². The van der Waals surface area contributed by atoms with Crippen molar-refractivity contribution < 1.29 is 72.9 Å². The van der Waals surface area contributed by atoms with E-state index < -0.39 is 147 Å². The second kappa shape index (κ2) is 21.2. The first-order chi connectivity index (χ1) is 54.5. The van der Waals surface area contributed by atoms with Gasteiger partial charge in [-0.1, -0.05) is 181 Å². The monoisotopic (exact) mass is 1350 g/mol. The minimum absolute atomic E-state index is 0. The molecule has 1 aliphatic heterocycles. The second-order valence-electron chi connectivity index (χ2n) is 23.0. The summed E-state index contributed by atoms with van der Waals surface area (Å²) in [6.07, 6.45) is -4.17. The number of hydrogen-bond donors (Lipinski definition) is 0. The van der Waals surface area contributed by atoms with Crippen molar-refractivity contribution in [1.82, 2.24) is 14.1 Å². The third-order valence-corrected chi connectivity index (χ3v) is 16.4. The van der Waals surface area contributed by atoms with Gasteiger partial charge in [0, 0.05) is 82.7 Å². The van der Waals surface area contributed by atoms with Gasteiger partial charge in [0.1, 0.15) is 5.82 Å². The summed E-state index contributed by atoms with van der Waals surface area (Å²) >= 11 is 0. The first kappa shape index (κ1) is 31.8. The molecular weight excluding hydrogens is 1250 g/mol. The minimum atomic E-state index is -4.69.